The smallest absolute Gasteiger partial charge is 0.121 e. The Hall–Kier alpha value is -3.01. The summed E-state index contributed by atoms with van der Waals surface area (Å²) < 4.78 is 7.86. The van der Waals surface area contributed by atoms with Gasteiger partial charge in [0.15, 0.2) is 0 Å². The molecule has 1 aromatic heterocycles. The van der Waals surface area contributed by atoms with Crippen LogP contribution < -0.4 is 15.5 Å². The van der Waals surface area contributed by atoms with Crippen molar-refractivity contribution in [1.82, 2.24) is 9.88 Å². The number of nitrogens with zero attached hydrogens (tertiary/aromatic N) is 2. The zero-order valence-electron chi connectivity index (χ0n) is 18.5. The van der Waals surface area contributed by atoms with E-state index in [-0.39, 0.29) is 0 Å². The maximum atomic E-state index is 9.85. The molecule has 0 aliphatic carbocycles. The van der Waals surface area contributed by atoms with Gasteiger partial charge in [-0.15, -0.1) is 0 Å². The van der Waals surface area contributed by atoms with Crippen molar-refractivity contribution >= 4 is 16.6 Å². The highest BCUT2D eigenvalue weighted by molar-refractivity contribution is 5.95. The summed E-state index contributed by atoms with van der Waals surface area (Å²) in [6.45, 7) is 10.8. The van der Waals surface area contributed by atoms with Crippen molar-refractivity contribution in [2.24, 2.45) is 5.92 Å². The first-order chi connectivity index (χ1) is 14.5. The maximum Gasteiger partial charge on any atom is 0.121 e. The Kier molecular flexibility index (Phi) is 8.72. The van der Waals surface area contributed by atoms with Gasteiger partial charge in [-0.3, -0.25) is 10.7 Å². The van der Waals surface area contributed by atoms with Crippen LogP contribution in [0.4, 0.5) is 5.69 Å². The zero-order valence-corrected chi connectivity index (χ0v) is 18.5. The summed E-state index contributed by atoms with van der Waals surface area (Å²) in [5.74, 6) is 1.23. The van der Waals surface area contributed by atoms with Crippen molar-refractivity contribution in [3.8, 4) is 23.1 Å². The van der Waals surface area contributed by atoms with E-state index in [1.807, 2.05) is 44.3 Å². The normalized spacial score (nSPS) is 10.5. The number of hydrogen-bond acceptors (Lipinski definition) is 5. The SMILES string of the molecule is CCNC.CCOc1ccc2c(C#N)c(-c3ccc(NO)cc3)n(CC(C)C)c2c1. The molecule has 3 N–H and O–H groups in total. The monoisotopic (exact) mass is 408 g/mol. The molecule has 0 unspecified atom stereocenters. The number of rotatable bonds is 7. The Labute approximate surface area is 179 Å². The topological polar surface area (TPSA) is 82.2 Å². The Morgan fingerprint density at radius 2 is 1.80 bits per heavy atom. The quantitative estimate of drug-likeness (QED) is 0.465. The van der Waals surface area contributed by atoms with Crippen molar-refractivity contribution in [2.75, 3.05) is 25.7 Å². The Morgan fingerprint density at radius 1 is 1.13 bits per heavy atom. The molecular weight excluding hydrogens is 376 g/mol. The minimum atomic E-state index is 0.421. The molecule has 2 aromatic carbocycles. The summed E-state index contributed by atoms with van der Waals surface area (Å²) >= 11 is 0. The molecule has 3 aromatic rings. The number of nitriles is 1. The van der Waals surface area contributed by atoms with Crippen molar-refractivity contribution in [2.45, 2.75) is 34.2 Å². The lowest BCUT2D eigenvalue weighted by atomic mass is 10.1. The average molecular weight is 409 g/mol. The second kappa shape index (κ2) is 11.2. The molecule has 0 fully saturated rings. The van der Waals surface area contributed by atoms with E-state index in [9.17, 15) is 5.26 Å². The molecule has 0 spiro atoms. The van der Waals surface area contributed by atoms with E-state index >= 15 is 0 Å². The summed E-state index contributed by atoms with van der Waals surface area (Å²) in [4.78, 5) is 0. The van der Waals surface area contributed by atoms with Crippen molar-refractivity contribution in [3.05, 3.63) is 48.0 Å². The highest BCUT2D eigenvalue weighted by Gasteiger charge is 2.20. The molecule has 1 heterocycles. The van der Waals surface area contributed by atoms with Gasteiger partial charge in [-0.2, -0.15) is 5.26 Å². The highest BCUT2D eigenvalue weighted by atomic mass is 16.5. The largest absolute Gasteiger partial charge is 0.494 e. The number of nitrogens with one attached hydrogen (secondary N) is 2. The van der Waals surface area contributed by atoms with Crippen LogP contribution in [0.25, 0.3) is 22.2 Å². The number of hydrogen-bond donors (Lipinski definition) is 3. The van der Waals surface area contributed by atoms with Crippen LogP contribution in [0.2, 0.25) is 0 Å². The highest BCUT2D eigenvalue weighted by Crippen LogP contribution is 2.36. The van der Waals surface area contributed by atoms with Crippen molar-refractivity contribution in [1.29, 1.82) is 5.26 Å². The Morgan fingerprint density at radius 3 is 2.30 bits per heavy atom. The van der Waals surface area contributed by atoms with Crippen molar-refractivity contribution in [3.63, 3.8) is 0 Å². The summed E-state index contributed by atoms with van der Waals surface area (Å²) in [5.41, 5.74) is 6.25. The maximum absolute atomic E-state index is 9.85. The molecule has 6 nitrogen and oxygen atoms in total. The fraction of sp³-hybridized carbons (Fsp3) is 0.375. The van der Waals surface area contributed by atoms with E-state index in [2.05, 4.69) is 42.2 Å². The van der Waals surface area contributed by atoms with Gasteiger partial charge in [-0.1, -0.05) is 32.9 Å². The molecule has 0 bridgehead atoms. The molecule has 0 aliphatic rings. The van der Waals surface area contributed by atoms with Gasteiger partial charge in [0.25, 0.3) is 0 Å². The van der Waals surface area contributed by atoms with Gasteiger partial charge >= 0.3 is 0 Å². The van der Waals surface area contributed by atoms with Crippen LogP contribution in [0, 0.1) is 17.2 Å². The number of aromatic nitrogens is 1. The molecular formula is C24H32N4O2. The molecule has 0 amide bonds. The van der Waals surface area contributed by atoms with Gasteiger partial charge in [-0.25, -0.2) is 0 Å². The lowest BCUT2D eigenvalue weighted by Gasteiger charge is -2.14. The van der Waals surface area contributed by atoms with E-state index < -0.39 is 0 Å². The minimum absolute atomic E-state index is 0.421. The molecule has 0 aliphatic heterocycles. The first kappa shape index (κ1) is 23.3. The first-order valence-corrected chi connectivity index (χ1v) is 10.3. The Bertz CT molecular complexity index is 983. The van der Waals surface area contributed by atoms with E-state index in [4.69, 9.17) is 9.94 Å². The molecule has 160 valence electrons. The molecule has 3 rings (SSSR count). The van der Waals surface area contributed by atoms with Gasteiger partial charge in [0.2, 0.25) is 0 Å². The third-order valence-electron chi connectivity index (χ3n) is 4.65. The molecule has 0 radical (unpaired) electrons. The minimum Gasteiger partial charge on any atom is -0.494 e. The standard InChI is InChI=1S/C21H23N3O2.C3H9N/c1-4-26-17-9-10-18-19(12-22)21(15-5-7-16(23-25)8-6-15)24(13-14(2)3)20(18)11-17;1-3-4-2/h5-11,14,23,25H,4,13H2,1-3H3;4H,3H2,1-2H3. The van der Waals surface area contributed by atoms with E-state index in [1.165, 1.54) is 0 Å². The van der Waals surface area contributed by atoms with Gasteiger partial charge in [0.05, 0.1) is 29.1 Å². The van der Waals surface area contributed by atoms with Crippen LogP contribution in [0.15, 0.2) is 42.5 Å². The molecule has 30 heavy (non-hydrogen) atoms. The second-order valence-electron chi connectivity index (χ2n) is 7.35. The summed E-state index contributed by atoms with van der Waals surface area (Å²) in [5, 5.41) is 22.8. The van der Waals surface area contributed by atoms with Gasteiger partial charge < -0.3 is 14.6 Å². The second-order valence-corrected chi connectivity index (χ2v) is 7.35. The fourth-order valence-corrected chi connectivity index (χ4v) is 3.26. The van der Waals surface area contributed by atoms with Crippen LogP contribution in [-0.4, -0.2) is 30.0 Å². The Balaban J connectivity index is 0.000000735. The summed E-state index contributed by atoms with van der Waals surface area (Å²) in [6.07, 6.45) is 0. The number of anilines is 1. The van der Waals surface area contributed by atoms with Crippen LogP contribution in [0.3, 0.4) is 0 Å². The zero-order chi connectivity index (χ0) is 22.1. The molecule has 0 atom stereocenters. The third kappa shape index (κ3) is 5.32. The van der Waals surface area contributed by atoms with E-state index in [0.717, 1.165) is 41.0 Å². The predicted octanol–water partition coefficient (Wildman–Crippen LogP) is 5.26. The fourth-order valence-electron chi connectivity index (χ4n) is 3.26. The van der Waals surface area contributed by atoms with Crippen LogP contribution in [0.5, 0.6) is 5.75 Å². The predicted molar refractivity (Wildman–Crippen MR) is 123 cm³/mol. The van der Waals surface area contributed by atoms with E-state index in [0.29, 0.717) is 23.8 Å². The molecule has 0 saturated heterocycles. The summed E-state index contributed by atoms with van der Waals surface area (Å²) in [7, 11) is 1.93. The lowest BCUT2D eigenvalue weighted by molar-refractivity contribution is 0.340. The first-order valence-electron chi connectivity index (χ1n) is 10.3. The van der Waals surface area contributed by atoms with Crippen LogP contribution >= 0.6 is 0 Å². The number of fused-ring (bicyclic) bond motifs is 1. The third-order valence-corrected chi connectivity index (χ3v) is 4.65. The lowest BCUT2D eigenvalue weighted by Crippen LogP contribution is -2.06. The number of ether oxygens (including phenoxy) is 1. The molecule has 6 heteroatoms. The van der Waals surface area contributed by atoms with E-state index in [1.54, 1.807) is 12.1 Å². The van der Waals surface area contributed by atoms with Gasteiger partial charge in [0.1, 0.15) is 11.8 Å². The molecule has 0 saturated carbocycles. The van der Waals surface area contributed by atoms with Gasteiger partial charge in [-0.05, 0) is 56.3 Å². The van der Waals surface area contributed by atoms with Gasteiger partial charge in [0, 0.05) is 18.0 Å². The number of benzene rings is 2. The van der Waals surface area contributed by atoms with Crippen molar-refractivity contribution < 1.29 is 9.94 Å². The van der Waals surface area contributed by atoms with Crippen LogP contribution in [0.1, 0.15) is 33.3 Å². The summed E-state index contributed by atoms with van der Waals surface area (Å²) in [6, 6.07) is 15.7. The average Bonchev–Trinajstić information content (AvgIpc) is 3.06. The van der Waals surface area contributed by atoms with Crippen LogP contribution in [-0.2, 0) is 6.54 Å².